The van der Waals surface area contributed by atoms with Crippen LogP contribution in [0.25, 0.3) is 0 Å². The lowest BCUT2D eigenvalue weighted by molar-refractivity contribution is -0.247. The predicted octanol–water partition coefficient (Wildman–Crippen LogP) is 0.769. The Kier molecular flexibility index (Phi) is 3.90. The molecule has 9 heteroatoms. The maximum atomic E-state index is 12.4. The normalized spacial score (nSPS) is 39.2. The van der Waals surface area contributed by atoms with Gasteiger partial charge in [-0.25, -0.2) is 4.79 Å². The number of hydrogen-bond donors (Lipinski definition) is 2. The summed E-state index contributed by atoms with van der Waals surface area (Å²) in [5.74, 6) is -0.571. The Balaban J connectivity index is 1.81. The SMILES string of the molecule is C[C@@]12OC3(CCCC3)O[C@@H]1[C@](CO)(CCl)O[C@H]2n1ccc(N)nc1=O. The van der Waals surface area contributed by atoms with Gasteiger partial charge >= 0.3 is 5.69 Å². The molecule has 3 N–H and O–H groups in total. The third-order valence-electron chi connectivity index (χ3n) is 5.54. The summed E-state index contributed by atoms with van der Waals surface area (Å²) < 4.78 is 20.1. The lowest BCUT2D eigenvalue weighted by Gasteiger charge is -2.33. The molecule has 0 unspecified atom stereocenters. The number of nitrogen functional groups attached to an aromatic ring is 1. The van der Waals surface area contributed by atoms with E-state index < -0.39 is 35.0 Å². The minimum atomic E-state index is -1.16. The minimum Gasteiger partial charge on any atom is -0.393 e. The van der Waals surface area contributed by atoms with Crippen molar-refractivity contribution in [2.45, 2.75) is 61.9 Å². The molecule has 0 aromatic carbocycles. The Morgan fingerprint density at radius 2 is 2.16 bits per heavy atom. The van der Waals surface area contributed by atoms with Crippen LogP contribution in [0.4, 0.5) is 5.82 Å². The van der Waals surface area contributed by atoms with Crippen LogP contribution in [0.2, 0.25) is 0 Å². The van der Waals surface area contributed by atoms with E-state index >= 15 is 0 Å². The zero-order valence-electron chi connectivity index (χ0n) is 14.0. The Morgan fingerprint density at radius 1 is 1.44 bits per heavy atom. The van der Waals surface area contributed by atoms with Crippen LogP contribution in [0.3, 0.4) is 0 Å². The Labute approximate surface area is 149 Å². The van der Waals surface area contributed by atoms with Crippen LogP contribution in [0.15, 0.2) is 17.1 Å². The first-order valence-electron chi connectivity index (χ1n) is 8.45. The van der Waals surface area contributed by atoms with Gasteiger partial charge in [0.25, 0.3) is 0 Å². The molecule has 3 fully saturated rings. The number of halogens is 1. The van der Waals surface area contributed by atoms with E-state index in [1.54, 1.807) is 0 Å². The number of aliphatic hydroxyl groups excluding tert-OH is 1. The van der Waals surface area contributed by atoms with Crippen molar-refractivity contribution in [3.8, 4) is 0 Å². The number of aliphatic hydroxyl groups is 1. The first-order valence-corrected chi connectivity index (χ1v) is 8.99. The van der Waals surface area contributed by atoms with Crippen LogP contribution in [0.1, 0.15) is 38.8 Å². The second-order valence-electron chi connectivity index (χ2n) is 7.27. The molecule has 4 atom stereocenters. The summed E-state index contributed by atoms with van der Waals surface area (Å²) in [5, 5.41) is 10.0. The topological polar surface area (TPSA) is 109 Å². The summed E-state index contributed by atoms with van der Waals surface area (Å²) >= 11 is 6.16. The van der Waals surface area contributed by atoms with Crippen LogP contribution in [0.5, 0.6) is 0 Å². The summed E-state index contributed by atoms with van der Waals surface area (Å²) in [6, 6.07) is 1.52. The predicted molar refractivity (Wildman–Crippen MR) is 89.1 cm³/mol. The van der Waals surface area contributed by atoms with Crippen molar-refractivity contribution in [2.75, 3.05) is 18.2 Å². The summed E-state index contributed by atoms with van der Waals surface area (Å²) in [7, 11) is 0. The summed E-state index contributed by atoms with van der Waals surface area (Å²) in [5.41, 5.74) is 2.89. The van der Waals surface area contributed by atoms with E-state index in [2.05, 4.69) is 4.98 Å². The minimum absolute atomic E-state index is 0.0108. The molecule has 1 spiro atoms. The molecule has 3 heterocycles. The number of aromatic nitrogens is 2. The molecule has 1 aromatic heterocycles. The first-order chi connectivity index (χ1) is 11.9. The fraction of sp³-hybridized carbons (Fsp3) is 0.750. The van der Waals surface area contributed by atoms with Crippen molar-refractivity contribution >= 4 is 17.4 Å². The largest absolute Gasteiger partial charge is 0.393 e. The average molecular weight is 372 g/mol. The van der Waals surface area contributed by atoms with E-state index in [-0.39, 0.29) is 18.3 Å². The summed E-state index contributed by atoms with van der Waals surface area (Å²) in [6.07, 6.45) is 3.63. The van der Waals surface area contributed by atoms with Gasteiger partial charge in [-0.15, -0.1) is 11.6 Å². The van der Waals surface area contributed by atoms with Crippen LogP contribution < -0.4 is 11.4 Å². The number of fused-ring (bicyclic) bond motifs is 1. The van der Waals surface area contributed by atoms with Gasteiger partial charge in [-0.05, 0) is 25.8 Å². The van der Waals surface area contributed by atoms with E-state index in [0.29, 0.717) is 0 Å². The number of hydrogen-bond acceptors (Lipinski definition) is 7. The van der Waals surface area contributed by atoms with Crippen LogP contribution in [-0.2, 0) is 14.2 Å². The van der Waals surface area contributed by atoms with Gasteiger partial charge in [-0.1, -0.05) is 0 Å². The second-order valence-corrected chi connectivity index (χ2v) is 7.54. The highest BCUT2D eigenvalue weighted by molar-refractivity contribution is 6.18. The molecule has 4 rings (SSSR count). The van der Waals surface area contributed by atoms with Gasteiger partial charge in [0.15, 0.2) is 12.0 Å². The molecule has 3 aliphatic rings. The molecule has 138 valence electrons. The highest BCUT2D eigenvalue weighted by atomic mass is 35.5. The molecule has 1 aromatic rings. The standard InChI is InChI=1S/C16H22ClN3O5/c1-14-11(23-16(25-14)5-2-3-6-16)15(8-17,9-21)24-12(14)20-7-4-10(18)19-13(20)22/h4,7,11-12,21H,2-3,5-6,8-9H2,1H3,(H2,18,19,22)/t11-,12+,14+,15+/m0/s1. The number of nitrogens with two attached hydrogens (primary N) is 1. The third kappa shape index (κ3) is 2.35. The van der Waals surface area contributed by atoms with Crippen molar-refractivity contribution in [1.82, 2.24) is 9.55 Å². The Morgan fingerprint density at radius 3 is 2.76 bits per heavy atom. The highest BCUT2D eigenvalue weighted by Crippen LogP contribution is 2.58. The third-order valence-corrected chi connectivity index (χ3v) is 5.99. The molecule has 1 aliphatic carbocycles. The highest BCUT2D eigenvalue weighted by Gasteiger charge is 2.71. The van der Waals surface area contributed by atoms with Crippen LogP contribution in [-0.4, -0.2) is 50.2 Å². The average Bonchev–Trinajstić information content (AvgIpc) is 3.21. The van der Waals surface area contributed by atoms with Crippen molar-refractivity contribution in [3.63, 3.8) is 0 Å². The van der Waals surface area contributed by atoms with Crippen LogP contribution >= 0.6 is 11.6 Å². The Hall–Kier alpha value is -1.19. The van der Waals surface area contributed by atoms with Crippen molar-refractivity contribution in [3.05, 3.63) is 22.7 Å². The van der Waals surface area contributed by atoms with E-state index in [4.69, 9.17) is 31.5 Å². The van der Waals surface area contributed by atoms with Gasteiger partial charge < -0.3 is 25.1 Å². The lowest BCUT2D eigenvalue weighted by Crippen LogP contribution is -2.51. The fourth-order valence-corrected chi connectivity index (χ4v) is 4.64. The monoisotopic (exact) mass is 371 g/mol. The maximum Gasteiger partial charge on any atom is 0.351 e. The smallest absolute Gasteiger partial charge is 0.351 e. The van der Waals surface area contributed by atoms with E-state index in [0.717, 1.165) is 25.7 Å². The van der Waals surface area contributed by atoms with Gasteiger partial charge in [-0.2, -0.15) is 4.98 Å². The molecule has 25 heavy (non-hydrogen) atoms. The van der Waals surface area contributed by atoms with Crippen molar-refractivity contribution in [2.24, 2.45) is 0 Å². The number of anilines is 1. The number of nitrogens with zero attached hydrogens (tertiary/aromatic N) is 2. The van der Waals surface area contributed by atoms with E-state index in [1.165, 1.54) is 16.8 Å². The van der Waals surface area contributed by atoms with E-state index in [1.807, 2.05) is 6.92 Å². The molecule has 2 saturated heterocycles. The molecular formula is C16H22ClN3O5. The van der Waals surface area contributed by atoms with Gasteiger partial charge in [0.2, 0.25) is 0 Å². The molecular weight excluding hydrogens is 350 g/mol. The van der Waals surface area contributed by atoms with E-state index in [9.17, 15) is 9.90 Å². The molecule has 0 radical (unpaired) electrons. The molecule has 0 amide bonds. The first kappa shape index (κ1) is 17.2. The van der Waals surface area contributed by atoms with Crippen molar-refractivity contribution < 1.29 is 19.3 Å². The molecule has 0 bridgehead atoms. The number of alkyl halides is 1. The van der Waals surface area contributed by atoms with Crippen LogP contribution in [0, 0.1) is 0 Å². The second kappa shape index (κ2) is 5.65. The zero-order chi connectivity index (χ0) is 17.9. The fourth-order valence-electron chi connectivity index (χ4n) is 4.36. The lowest BCUT2D eigenvalue weighted by atomic mass is 9.89. The van der Waals surface area contributed by atoms with Gasteiger partial charge in [0, 0.05) is 19.0 Å². The number of ether oxygens (including phenoxy) is 3. The summed E-state index contributed by atoms with van der Waals surface area (Å²) in [4.78, 5) is 16.1. The maximum absolute atomic E-state index is 12.4. The Bertz CT molecular complexity index is 731. The van der Waals surface area contributed by atoms with Gasteiger partial charge in [0.05, 0.1) is 12.5 Å². The quantitative estimate of drug-likeness (QED) is 0.755. The molecule has 2 aliphatic heterocycles. The number of rotatable bonds is 3. The molecule has 1 saturated carbocycles. The molecule has 8 nitrogen and oxygen atoms in total. The zero-order valence-corrected chi connectivity index (χ0v) is 14.7. The van der Waals surface area contributed by atoms with Gasteiger partial charge in [-0.3, -0.25) is 4.57 Å². The van der Waals surface area contributed by atoms with Gasteiger partial charge in [0.1, 0.15) is 23.1 Å². The summed E-state index contributed by atoms with van der Waals surface area (Å²) in [6.45, 7) is 1.49. The van der Waals surface area contributed by atoms with Crippen molar-refractivity contribution in [1.29, 1.82) is 0 Å².